The average molecular weight is 535 g/mol. The summed E-state index contributed by atoms with van der Waals surface area (Å²) in [6.45, 7) is 5.70. The first-order valence-corrected chi connectivity index (χ1v) is 15.8. The van der Waals surface area contributed by atoms with E-state index in [0.717, 1.165) is 5.56 Å². The third kappa shape index (κ3) is 5.98. The van der Waals surface area contributed by atoms with Gasteiger partial charge < -0.3 is 9.16 Å². The van der Waals surface area contributed by atoms with Crippen LogP contribution in [0.25, 0.3) is 0 Å². The first-order chi connectivity index (χ1) is 16.9. The Morgan fingerprint density at radius 1 is 0.917 bits per heavy atom. The molecule has 9 heteroatoms. The van der Waals surface area contributed by atoms with Gasteiger partial charge in [0.15, 0.2) is 13.9 Å². The minimum absolute atomic E-state index is 0.0117. The van der Waals surface area contributed by atoms with E-state index in [0.29, 0.717) is 18.1 Å². The molecule has 1 aromatic carbocycles. The molecule has 0 saturated heterocycles. The number of esters is 1. The largest absolute Gasteiger partial charge is 0.460 e. The fourth-order valence-corrected chi connectivity index (χ4v) is 9.25. The van der Waals surface area contributed by atoms with Crippen molar-refractivity contribution in [1.82, 2.24) is 0 Å². The number of ether oxygens (including phenoxy) is 1. The van der Waals surface area contributed by atoms with Crippen LogP contribution in [-0.4, -0.2) is 32.0 Å². The highest BCUT2D eigenvalue weighted by molar-refractivity contribution is 6.73. The summed E-state index contributed by atoms with van der Waals surface area (Å²) < 4.78 is 83.4. The maximum Gasteiger partial charge on any atom is 0.416 e. The smallest absolute Gasteiger partial charge is 0.416 e. The van der Waals surface area contributed by atoms with Crippen molar-refractivity contribution in [2.75, 3.05) is 0 Å². The molecular weight excluding hydrogens is 495 g/mol. The fraction of sp³-hybridized carbons (Fsp3) is 0.741. The third-order valence-electron chi connectivity index (χ3n) is 8.93. The van der Waals surface area contributed by atoms with Crippen LogP contribution in [0.5, 0.6) is 0 Å². The predicted molar refractivity (Wildman–Crippen MR) is 131 cm³/mol. The van der Waals surface area contributed by atoms with E-state index in [9.17, 15) is 26.7 Å². The molecule has 0 spiro atoms. The van der Waals surface area contributed by atoms with E-state index < -0.39 is 56.2 Å². The Hall–Kier alpha value is -1.48. The summed E-state index contributed by atoms with van der Waals surface area (Å²) in [7, 11) is -2.57. The van der Waals surface area contributed by atoms with E-state index in [4.69, 9.17) is 9.16 Å². The number of alkyl halides is 5. The zero-order valence-corrected chi connectivity index (χ0v) is 22.6. The number of halogens is 5. The molecule has 2 saturated carbocycles. The van der Waals surface area contributed by atoms with Crippen molar-refractivity contribution in [3.8, 4) is 0 Å². The Bertz CT molecular complexity index is 844. The van der Waals surface area contributed by atoms with E-state index >= 15 is 0 Å². The van der Waals surface area contributed by atoms with E-state index in [-0.39, 0.29) is 45.1 Å². The van der Waals surface area contributed by atoms with Crippen LogP contribution in [0, 0.1) is 11.3 Å². The summed E-state index contributed by atoms with van der Waals surface area (Å²) in [5, 5.41) is 0. The lowest BCUT2D eigenvalue weighted by Crippen LogP contribution is -2.58. The molecule has 0 unspecified atom stereocenters. The second-order valence-electron chi connectivity index (χ2n) is 10.7. The molecule has 0 bridgehead atoms. The van der Waals surface area contributed by atoms with E-state index in [1.807, 2.05) is 39.0 Å². The number of carbonyl (C=O) groups is 1. The molecule has 204 valence electrons. The molecule has 0 N–H and O–H groups in total. The predicted octanol–water partition coefficient (Wildman–Crippen LogP) is 8.44. The molecule has 2 aliphatic rings. The highest BCUT2D eigenvalue weighted by Gasteiger charge is 2.62. The third-order valence-corrected chi connectivity index (χ3v) is 13.6. The Labute approximate surface area is 212 Å². The second kappa shape index (κ2) is 11.1. The lowest BCUT2D eigenvalue weighted by Gasteiger charge is -2.51. The molecule has 2 fully saturated rings. The molecule has 3 rings (SSSR count). The number of rotatable bonds is 9. The van der Waals surface area contributed by atoms with Crippen LogP contribution in [-0.2, 0) is 20.6 Å². The van der Waals surface area contributed by atoms with Crippen molar-refractivity contribution in [2.24, 2.45) is 11.3 Å². The van der Waals surface area contributed by atoms with Crippen LogP contribution in [0.3, 0.4) is 0 Å². The number of benzene rings is 1. The lowest BCUT2D eigenvalue weighted by molar-refractivity contribution is -0.267. The second-order valence-corrected chi connectivity index (χ2v) is 15.4. The maximum atomic E-state index is 14.5. The Balaban J connectivity index is 1.82. The van der Waals surface area contributed by atoms with Crippen LogP contribution in [0.15, 0.2) is 30.3 Å². The van der Waals surface area contributed by atoms with Gasteiger partial charge >= 0.3 is 12.1 Å². The van der Waals surface area contributed by atoms with Gasteiger partial charge in [0.2, 0.25) is 5.92 Å². The Kier molecular flexibility index (Phi) is 8.96. The van der Waals surface area contributed by atoms with Crippen molar-refractivity contribution in [1.29, 1.82) is 0 Å². The molecule has 36 heavy (non-hydrogen) atoms. The highest BCUT2D eigenvalue weighted by Crippen LogP contribution is 2.57. The van der Waals surface area contributed by atoms with Gasteiger partial charge in [0.05, 0.1) is 5.41 Å². The first kappa shape index (κ1) is 29.1. The van der Waals surface area contributed by atoms with Gasteiger partial charge in [-0.3, -0.25) is 4.79 Å². The molecule has 0 aliphatic heterocycles. The molecule has 1 aromatic rings. The fourth-order valence-electron chi connectivity index (χ4n) is 6.17. The molecule has 0 aromatic heterocycles. The summed E-state index contributed by atoms with van der Waals surface area (Å²) >= 11 is 0. The molecular formula is C27H39F5O3Si. The van der Waals surface area contributed by atoms with Crippen molar-refractivity contribution < 1.29 is 35.9 Å². The maximum absolute atomic E-state index is 14.5. The molecule has 0 heterocycles. The van der Waals surface area contributed by atoms with Crippen LogP contribution in [0.4, 0.5) is 22.0 Å². The van der Waals surface area contributed by atoms with Crippen LogP contribution >= 0.6 is 0 Å². The SMILES string of the molecule is CC[Si](CC)(CC)OC1(C(F)(F)F)CCC(C2(C(=O)OCc3ccccc3)CCC(F)(F)CC2)CC1. The topological polar surface area (TPSA) is 35.5 Å². The van der Waals surface area contributed by atoms with Gasteiger partial charge in [-0.2, -0.15) is 13.2 Å². The van der Waals surface area contributed by atoms with Gasteiger partial charge in [0.1, 0.15) is 6.61 Å². The van der Waals surface area contributed by atoms with Crippen molar-refractivity contribution in [3.05, 3.63) is 35.9 Å². The van der Waals surface area contributed by atoms with Crippen molar-refractivity contribution >= 4 is 14.3 Å². The normalized spacial score (nSPS) is 26.4. The van der Waals surface area contributed by atoms with Crippen LogP contribution in [0.1, 0.15) is 77.7 Å². The minimum Gasteiger partial charge on any atom is -0.460 e. The van der Waals surface area contributed by atoms with Crippen molar-refractivity contribution in [2.45, 2.75) is 115 Å². The van der Waals surface area contributed by atoms with E-state index in [1.165, 1.54) is 0 Å². The number of hydrogen-bond donors (Lipinski definition) is 0. The number of carbonyl (C=O) groups excluding carboxylic acids is 1. The summed E-state index contributed by atoms with van der Waals surface area (Å²) in [6, 6.07) is 10.9. The van der Waals surface area contributed by atoms with Crippen molar-refractivity contribution in [3.63, 3.8) is 0 Å². The van der Waals surface area contributed by atoms with Gasteiger partial charge in [-0.15, -0.1) is 0 Å². The molecule has 2 aliphatic carbocycles. The highest BCUT2D eigenvalue weighted by atomic mass is 28.4. The molecule has 3 nitrogen and oxygen atoms in total. The van der Waals surface area contributed by atoms with Gasteiger partial charge in [0.25, 0.3) is 0 Å². The molecule has 0 radical (unpaired) electrons. The summed E-state index contributed by atoms with van der Waals surface area (Å²) in [6.07, 6.45) is -5.88. The zero-order valence-electron chi connectivity index (χ0n) is 21.6. The molecule has 0 amide bonds. The Morgan fingerprint density at radius 3 is 1.92 bits per heavy atom. The minimum atomic E-state index is -4.53. The summed E-state index contributed by atoms with van der Waals surface area (Å²) in [5.41, 5.74) is -2.65. The average Bonchev–Trinajstić information content (AvgIpc) is 2.87. The zero-order chi connectivity index (χ0) is 26.7. The molecule has 0 atom stereocenters. The summed E-state index contributed by atoms with van der Waals surface area (Å²) in [5.74, 6) is -3.88. The quantitative estimate of drug-likeness (QED) is 0.181. The number of hydrogen-bond acceptors (Lipinski definition) is 3. The first-order valence-electron chi connectivity index (χ1n) is 13.2. The van der Waals surface area contributed by atoms with Crippen LogP contribution < -0.4 is 0 Å². The summed E-state index contributed by atoms with van der Waals surface area (Å²) in [4.78, 5) is 13.4. The van der Waals surface area contributed by atoms with Gasteiger partial charge in [-0.1, -0.05) is 51.1 Å². The monoisotopic (exact) mass is 534 g/mol. The Morgan fingerprint density at radius 2 is 1.44 bits per heavy atom. The van der Waals surface area contributed by atoms with Gasteiger partial charge in [0, 0.05) is 12.8 Å². The van der Waals surface area contributed by atoms with E-state index in [1.54, 1.807) is 12.1 Å². The lowest BCUT2D eigenvalue weighted by atomic mass is 9.59. The van der Waals surface area contributed by atoms with Gasteiger partial charge in [-0.05, 0) is 68.1 Å². The van der Waals surface area contributed by atoms with E-state index in [2.05, 4.69) is 0 Å². The standard InChI is InChI=1S/C27H39F5O3Si/c1-4-36(5-2,6-3)35-25(27(30,31)32)14-12-22(13-15-25)24(16-18-26(28,29)19-17-24)23(33)34-20-21-10-8-7-9-11-21/h7-11,22H,4-6,12-20H2,1-3H3. The van der Waals surface area contributed by atoms with Crippen LogP contribution in [0.2, 0.25) is 18.1 Å². The van der Waals surface area contributed by atoms with Gasteiger partial charge in [-0.25, -0.2) is 8.78 Å².